The molecule has 3 N–H and O–H groups in total. The molecule has 1 aliphatic carbocycles. The van der Waals surface area contributed by atoms with Crippen LogP contribution in [0.2, 0.25) is 0 Å². The number of hydrogen-bond donors (Lipinski definition) is 2. The summed E-state index contributed by atoms with van der Waals surface area (Å²) in [5.41, 5.74) is 6.38. The number of carbonyl (C=O) groups excluding carboxylic acids is 1. The van der Waals surface area contributed by atoms with Gasteiger partial charge >= 0.3 is 0 Å². The normalized spacial score (nSPS) is 16.5. The van der Waals surface area contributed by atoms with Crippen LogP contribution >= 0.6 is 0 Å². The van der Waals surface area contributed by atoms with Crippen molar-refractivity contribution in [3.8, 4) is 0 Å². The molecule has 18 heavy (non-hydrogen) atoms. The lowest BCUT2D eigenvalue weighted by molar-refractivity contribution is 0.0937. The fourth-order valence-corrected chi connectivity index (χ4v) is 2.05. The van der Waals surface area contributed by atoms with E-state index in [1.807, 2.05) is 24.3 Å². The van der Waals surface area contributed by atoms with Crippen LogP contribution in [0.3, 0.4) is 0 Å². The van der Waals surface area contributed by atoms with Crippen molar-refractivity contribution in [1.82, 2.24) is 10.3 Å². The lowest BCUT2D eigenvalue weighted by Gasteiger charge is -2.13. The Bertz CT molecular complexity index is 632. The van der Waals surface area contributed by atoms with Crippen LogP contribution < -0.4 is 11.1 Å². The number of aromatic nitrogens is 1. The molecule has 1 saturated carbocycles. The van der Waals surface area contributed by atoms with E-state index in [9.17, 15) is 4.79 Å². The summed E-state index contributed by atoms with van der Waals surface area (Å²) in [5, 5.41) is 4.72. The minimum absolute atomic E-state index is 0.0282. The summed E-state index contributed by atoms with van der Waals surface area (Å²) >= 11 is 0. The highest BCUT2D eigenvalue weighted by Crippen LogP contribution is 2.35. The highest BCUT2D eigenvalue weighted by molar-refractivity contribution is 6.09. The van der Waals surface area contributed by atoms with Gasteiger partial charge < -0.3 is 11.1 Å². The second-order valence-corrected chi connectivity index (χ2v) is 5.12. The van der Waals surface area contributed by atoms with Crippen LogP contribution in [-0.4, -0.2) is 16.4 Å². The van der Waals surface area contributed by atoms with Crippen LogP contribution in [0.1, 0.15) is 30.1 Å². The van der Waals surface area contributed by atoms with Crippen LogP contribution in [0, 0.1) is 0 Å². The Morgan fingerprint density at radius 2 is 2.00 bits per heavy atom. The third-order valence-corrected chi connectivity index (χ3v) is 3.49. The van der Waals surface area contributed by atoms with Gasteiger partial charge in [0.2, 0.25) is 0 Å². The van der Waals surface area contributed by atoms with E-state index >= 15 is 0 Å². The van der Waals surface area contributed by atoms with Crippen molar-refractivity contribution in [2.45, 2.75) is 25.3 Å². The highest BCUT2D eigenvalue weighted by Gasteiger charge is 2.39. The zero-order chi connectivity index (χ0) is 12.8. The summed E-state index contributed by atoms with van der Waals surface area (Å²) in [6.07, 6.45) is 3.64. The number of nitrogens with zero attached hydrogens (tertiary/aromatic N) is 1. The topological polar surface area (TPSA) is 68.0 Å². The molecule has 3 rings (SSSR count). The van der Waals surface area contributed by atoms with Crippen molar-refractivity contribution in [1.29, 1.82) is 0 Å². The molecule has 4 nitrogen and oxygen atoms in total. The number of fused-ring (bicyclic) bond motifs is 1. The molecule has 2 aromatic rings. The molecule has 1 aliphatic rings. The molecule has 0 spiro atoms. The van der Waals surface area contributed by atoms with E-state index in [4.69, 9.17) is 5.73 Å². The minimum atomic E-state index is -0.0706. The molecule has 0 radical (unpaired) electrons. The summed E-state index contributed by atoms with van der Waals surface area (Å²) < 4.78 is 0. The summed E-state index contributed by atoms with van der Waals surface area (Å²) in [6.45, 7) is 2.05. The number of pyridine rings is 1. The number of amides is 1. The lowest BCUT2D eigenvalue weighted by Crippen LogP contribution is -2.34. The highest BCUT2D eigenvalue weighted by atomic mass is 16.1. The van der Waals surface area contributed by atoms with Crippen molar-refractivity contribution >= 4 is 22.5 Å². The molecule has 4 heteroatoms. The monoisotopic (exact) mass is 241 g/mol. The van der Waals surface area contributed by atoms with Crippen molar-refractivity contribution in [2.75, 3.05) is 5.73 Å². The molecule has 0 bridgehead atoms. The summed E-state index contributed by atoms with van der Waals surface area (Å²) in [7, 11) is 0. The minimum Gasteiger partial charge on any atom is -0.383 e. The van der Waals surface area contributed by atoms with Crippen molar-refractivity contribution in [3.05, 3.63) is 36.0 Å². The van der Waals surface area contributed by atoms with E-state index < -0.39 is 0 Å². The second kappa shape index (κ2) is 3.70. The van der Waals surface area contributed by atoms with Crippen LogP contribution in [0.25, 0.3) is 10.8 Å². The zero-order valence-electron chi connectivity index (χ0n) is 10.2. The van der Waals surface area contributed by atoms with Gasteiger partial charge in [0.05, 0.1) is 5.56 Å². The summed E-state index contributed by atoms with van der Waals surface area (Å²) in [6, 6.07) is 7.58. The van der Waals surface area contributed by atoms with Crippen LogP contribution in [-0.2, 0) is 0 Å². The predicted molar refractivity (Wildman–Crippen MR) is 71.3 cm³/mol. The number of anilines is 1. The van der Waals surface area contributed by atoms with E-state index in [-0.39, 0.29) is 11.4 Å². The Labute approximate surface area is 105 Å². The first-order chi connectivity index (χ1) is 8.59. The maximum Gasteiger partial charge on any atom is 0.253 e. The zero-order valence-corrected chi connectivity index (χ0v) is 10.2. The predicted octanol–water partition coefficient (Wildman–Crippen LogP) is 2.10. The standard InChI is InChI=1S/C14H15N3O/c1-14(6-7-14)17-13(18)11-8-16-12(15)10-5-3-2-4-9(10)11/h2-5,8H,6-7H2,1H3,(H2,15,16)(H,17,18). The molecular weight excluding hydrogens is 226 g/mol. The maximum atomic E-state index is 12.2. The van der Waals surface area contributed by atoms with Gasteiger partial charge in [-0.25, -0.2) is 4.98 Å². The molecule has 0 atom stereocenters. The first kappa shape index (κ1) is 11.0. The SMILES string of the molecule is CC1(NC(=O)c2cnc(N)c3ccccc23)CC1. The van der Waals surface area contributed by atoms with Crippen molar-refractivity contribution < 1.29 is 4.79 Å². The lowest BCUT2D eigenvalue weighted by atomic mass is 10.1. The third-order valence-electron chi connectivity index (χ3n) is 3.49. The molecule has 1 aromatic carbocycles. The molecule has 1 fully saturated rings. The van der Waals surface area contributed by atoms with Crippen molar-refractivity contribution in [3.63, 3.8) is 0 Å². The van der Waals surface area contributed by atoms with Crippen LogP contribution in [0.4, 0.5) is 5.82 Å². The van der Waals surface area contributed by atoms with E-state index in [1.54, 1.807) is 6.20 Å². The molecule has 1 amide bonds. The van der Waals surface area contributed by atoms with Crippen molar-refractivity contribution in [2.24, 2.45) is 0 Å². The largest absolute Gasteiger partial charge is 0.383 e. The van der Waals surface area contributed by atoms with Gasteiger partial charge in [0.1, 0.15) is 5.82 Å². The van der Waals surface area contributed by atoms with E-state index in [0.29, 0.717) is 11.4 Å². The number of hydrogen-bond acceptors (Lipinski definition) is 3. The maximum absolute atomic E-state index is 12.2. The first-order valence-corrected chi connectivity index (χ1v) is 6.05. The van der Waals surface area contributed by atoms with Gasteiger partial charge in [0.15, 0.2) is 0 Å². The van der Waals surface area contributed by atoms with E-state index in [1.165, 1.54) is 0 Å². The number of carbonyl (C=O) groups is 1. The summed E-state index contributed by atoms with van der Waals surface area (Å²) in [4.78, 5) is 16.3. The quantitative estimate of drug-likeness (QED) is 0.846. The van der Waals surface area contributed by atoms with Gasteiger partial charge in [0, 0.05) is 17.1 Å². The van der Waals surface area contributed by atoms with Crippen LogP contribution in [0.15, 0.2) is 30.5 Å². The number of nitrogens with two attached hydrogens (primary N) is 1. The van der Waals surface area contributed by atoms with Gasteiger partial charge in [-0.05, 0) is 25.2 Å². The van der Waals surface area contributed by atoms with Gasteiger partial charge in [-0.3, -0.25) is 4.79 Å². The number of nitrogens with one attached hydrogen (secondary N) is 1. The fraction of sp³-hybridized carbons (Fsp3) is 0.286. The number of benzene rings is 1. The number of nitrogen functional groups attached to an aromatic ring is 1. The molecule has 0 unspecified atom stereocenters. The second-order valence-electron chi connectivity index (χ2n) is 5.12. The first-order valence-electron chi connectivity index (χ1n) is 6.05. The van der Waals surface area contributed by atoms with E-state index in [0.717, 1.165) is 23.6 Å². The Kier molecular flexibility index (Phi) is 2.26. The Morgan fingerprint density at radius 1 is 1.33 bits per heavy atom. The average molecular weight is 241 g/mol. The molecule has 0 aliphatic heterocycles. The average Bonchev–Trinajstić information content (AvgIpc) is 3.07. The molecular formula is C14H15N3O. The fourth-order valence-electron chi connectivity index (χ4n) is 2.05. The smallest absolute Gasteiger partial charge is 0.253 e. The Hall–Kier alpha value is -2.10. The summed E-state index contributed by atoms with van der Waals surface area (Å²) in [5.74, 6) is 0.387. The third kappa shape index (κ3) is 1.79. The molecule has 1 heterocycles. The number of rotatable bonds is 2. The molecule has 0 saturated heterocycles. The molecule has 1 aromatic heterocycles. The van der Waals surface area contributed by atoms with Gasteiger partial charge in [-0.1, -0.05) is 24.3 Å². The van der Waals surface area contributed by atoms with Crippen LogP contribution in [0.5, 0.6) is 0 Å². The Morgan fingerprint density at radius 3 is 2.67 bits per heavy atom. The van der Waals surface area contributed by atoms with Gasteiger partial charge in [0.25, 0.3) is 5.91 Å². The Balaban J connectivity index is 2.06. The van der Waals surface area contributed by atoms with Gasteiger partial charge in [-0.15, -0.1) is 0 Å². The molecule has 92 valence electrons. The van der Waals surface area contributed by atoms with Gasteiger partial charge in [-0.2, -0.15) is 0 Å². The van der Waals surface area contributed by atoms with E-state index in [2.05, 4.69) is 17.2 Å².